The summed E-state index contributed by atoms with van der Waals surface area (Å²) in [6, 6.07) is 13.7. The number of nitrogens with one attached hydrogen (secondary N) is 1. The molecule has 3 aromatic rings. The molecule has 5 rings (SSSR count). The summed E-state index contributed by atoms with van der Waals surface area (Å²) in [5.41, 5.74) is 2.86. The minimum Gasteiger partial charge on any atom is -0.339 e. The van der Waals surface area contributed by atoms with Crippen molar-refractivity contribution < 1.29 is 9.59 Å². The smallest absolute Gasteiger partial charge is 0.254 e. The molecule has 0 saturated carbocycles. The van der Waals surface area contributed by atoms with Crippen molar-refractivity contribution in [3.8, 4) is 0 Å². The van der Waals surface area contributed by atoms with E-state index in [0.29, 0.717) is 24.8 Å². The van der Waals surface area contributed by atoms with Crippen LogP contribution in [0.25, 0.3) is 0 Å². The monoisotopic (exact) mass is 461 g/mol. The highest BCUT2D eigenvalue weighted by Gasteiger charge is 2.32. The minimum atomic E-state index is -0.0336. The van der Waals surface area contributed by atoms with Crippen molar-refractivity contribution in [1.82, 2.24) is 20.4 Å². The lowest BCUT2D eigenvalue weighted by molar-refractivity contribution is -0.123. The lowest BCUT2D eigenvalue weighted by Crippen LogP contribution is -2.51. The number of thiophene rings is 1. The van der Waals surface area contributed by atoms with Gasteiger partial charge in [0.15, 0.2) is 5.82 Å². The molecule has 0 radical (unpaired) electrons. The van der Waals surface area contributed by atoms with Crippen LogP contribution in [0.3, 0.4) is 0 Å². The van der Waals surface area contributed by atoms with Crippen LogP contribution >= 0.6 is 11.3 Å². The van der Waals surface area contributed by atoms with E-state index in [4.69, 9.17) is 0 Å². The summed E-state index contributed by atoms with van der Waals surface area (Å²) < 4.78 is 0. The Morgan fingerprint density at radius 3 is 2.48 bits per heavy atom. The Labute approximate surface area is 197 Å². The number of carbonyl (C=O) groups is 2. The second kappa shape index (κ2) is 9.80. The van der Waals surface area contributed by atoms with Crippen LogP contribution in [0.2, 0.25) is 0 Å². The largest absolute Gasteiger partial charge is 0.339 e. The van der Waals surface area contributed by atoms with E-state index in [9.17, 15) is 9.59 Å². The van der Waals surface area contributed by atoms with E-state index in [2.05, 4.69) is 27.6 Å². The molecular formula is C25H27N5O2S. The van der Waals surface area contributed by atoms with Gasteiger partial charge in [-0.25, -0.2) is 0 Å². The Morgan fingerprint density at radius 2 is 1.88 bits per heavy atom. The van der Waals surface area contributed by atoms with Gasteiger partial charge in [-0.05, 0) is 66.5 Å². The zero-order valence-corrected chi connectivity index (χ0v) is 19.2. The van der Waals surface area contributed by atoms with Gasteiger partial charge in [0.25, 0.3) is 5.91 Å². The van der Waals surface area contributed by atoms with Crippen molar-refractivity contribution in [3.05, 3.63) is 70.5 Å². The van der Waals surface area contributed by atoms with Crippen molar-refractivity contribution in [2.75, 3.05) is 31.1 Å². The highest BCUT2D eigenvalue weighted by molar-refractivity contribution is 7.08. The fraction of sp³-hybridized carbons (Fsp3) is 0.360. The summed E-state index contributed by atoms with van der Waals surface area (Å²) >= 11 is 1.56. The fourth-order valence-corrected chi connectivity index (χ4v) is 5.08. The van der Waals surface area contributed by atoms with Crippen LogP contribution in [-0.4, -0.2) is 53.1 Å². The molecular weight excluding hydrogens is 434 g/mol. The molecule has 0 atom stereocenters. The van der Waals surface area contributed by atoms with Gasteiger partial charge in [-0.1, -0.05) is 12.1 Å². The number of hydrogen-bond acceptors (Lipinski definition) is 6. The molecule has 2 amide bonds. The first kappa shape index (κ1) is 21.7. The first-order valence-electron chi connectivity index (χ1n) is 11.4. The molecule has 0 aliphatic carbocycles. The van der Waals surface area contributed by atoms with E-state index in [0.717, 1.165) is 43.6 Å². The molecule has 2 aliphatic heterocycles. The summed E-state index contributed by atoms with van der Waals surface area (Å²) in [6.07, 6.45) is 4.61. The predicted octanol–water partition coefficient (Wildman–Crippen LogP) is 3.52. The van der Waals surface area contributed by atoms with Crippen LogP contribution < -0.4 is 10.2 Å². The van der Waals surface area contributed by atoms with Gasteiger partial charge in [-0.15, -0.1) is 5.10 Å². The van der Waals surface area contributed by atoms with Gasteiger partial charge in [0.2, 0.25) is 5.91 Å². The quantitative estimate of drug-likeness (QED) is 0.608. The molecule has 1 aromatic carbocycles. The number of benzene rings is 1. The lowest BCUT2D eigenvalue weighted by atomic mass is 9.90. The van der Waals surface area contributed by atoms with E-state index < -0.39 is 0 Å². The standard InChI is InChI=1S/C25H27N5O2S/c31-24(20-9-13-33-17-20)29-11-7-19(8-12-29)14-18-3-5-22(6-4-18)30(23-2-1-10-27-28-23)25(32)21-15-26-16-21/h1-6,9-10,13,17,19,21,26H,7-8,11-12,14-16H2. The van der Waals surface area contributed by atoms with Gasteiger partial charge in [0.1, 0.15) is 0 Å². The minimum absolute atomic E-state index is 0.0336. The van der Waals surface area contributed by atoms with Gasteiger partial charge in [0, 0.05) is 37.8 Å². The van der Waals surface area contributed by atoms with Crippen molar-refractivity contribution >= 4 is 34.7 Å². The van der Waals surface area contributed by atoms with E-state index in [1.165, 1.54) is 5.56 Å². The molecule has 0 unspecified atom stereocenters. The number of carbonyl (C=O) groups excluding carboxylic acids is 2. The van der Waals surface area contributed by atoms with Crippen molar-refractivity contribution in [2.45, 2.75) is 19.3 Å². The number of aromatic nitrogens is 2. The second-order valence-corrected chi connectivity index (χ2v) is 9.51. The number of rotatable bonds is 6. The number of hydrogen-bond donors (Lipinski definition) is 1. The van der Waals surface area contributed by atoms with E-state index in [1.807, 2.05) is 39.9 Å². The Balaban J connectivity index is 1.23. The number of likely N-dealkylation sites (tertiary alicyclic amines) is 1. The van der Waals surface area contributed by atoms with Crippen LogP contribution in [0.5, 0.6) is 0 Å². The average molecular weight is 462 g/mol. The van der Waals surface area contributed by atoms with Gasteiger partial charge in [0.05, 0.1) is 17.2 Å². The Hall–Kier alpha value is -3.10. The second-order valence-electron chi connectivity index (χ2n) is 8.73. The van der Waals surface area contributed by atoms with Crippen LogP contribution in [0, 0.1) is 11.8 Å². The third-order valence-electron chi connectivity index (χ3n) is 6.53. The van der Waals surface area contributed by atoms with Gasteiger partial charge >= 0.3 is 0 Å². The highest BCUT2D eigenvalue weighted by Crippen LogP contribution is 2.28. The molecule has 8 heteroatoms. The SMILES string of the molecule is O=C(c1ccsc1)N1CCC(Cc2ccc(N(C(=O)C3CNC3)c3cccnn3)cc2)CC1. The topological polar surface area (TPSA) is 78.4 Å². The third-order valence-corrected chi connectivity index (χ3v) is 7.21. The zero-order valence-electron chi connectivity index (χ0n) is 18.4. The molecule has 4 heterocycles. The van der Waals surface area contributed by atoms with Gasteiger partial charge in [-0.3, -0.25) is 14.5 Å². The van der Waals surface area contributed by atoms with Crippen LogP contribution in [0.4, 0.5) is 11.5 Å². The van der Waals surface area contributed by atoms with Crippen LogP contribution in [0.1, 0.15) is 28.8 Å². The number of anilines is 2. The molecule has 33 heavy (non-hydrogen) atoms. The summed E-state index contributed by atoms with van der Waals surface area (Å²) in [7, 11) is 0. The summed E-state index contributed by atoms with van der Waals surface area (Å²) in [5, 5.41) is 15.2. The van der Waals surface area contributed by atoms with Crippen molar-refractivity contribution in [2.24, 2.45) is 11.8 Å². The molecule has 0 spiro atoms. The van der Waals surface area contributed by atoms with Crippen LogP contribution in [0.15, 0.2) is 59.4 Å². The molecule has 2 fully saturated rings. The molecule has 2 aromatic heterocycles. The van der Waals surface area contributed by atoms with Crippen molar-refractivity contribution in [3.63, 3.8) is 0 Å². The number of amides is 2. The molecule has 0 bridgehead atoms. The maximum absolute atomic E-state index is 13.1. The fourth-order valence-electron chi connectivity index (χ4n) is 4.45. The molecule has 170 valence electrons. The molecule has 1 N–H and O–H groups in total. The summed E-state index contributed by atoms with van der Waals surface area (Å²) in [4.78, 5) is 29.3. The third kappa shape index (κ3) is 4.82. The van der Waals surface area contributed by atoms with E-state index in [1.54, 1.807) is 28.5 Å². The summed E-state index contributed by atoms with van der Waals surface area (Å²) in [5.74, 6) is 1.26. The Bertz CT molecular complexity index is 1080. The molecule has 2 saturated heterocycles. The van der Waals surface area contributed by atoms with Crippen LogP contribution in [-0.2, 0) is 11.2 Å². The maximum Gasteiger partial charge on any atom is 0.254 e. The van der Waals surface area contributed by atoms with E-state index >= 15 is 0 Å². The highest BCUT2D eigenvalue weighted by atomic mass is 32.1. The zero-order chi connectivity index (χ0) is 22.6. The Kier molecular flexibility index (Phi) is 6.46. The summed E-state index contributed by atoms with van der Waals surface area (Å²) in [6.45, 7) is 3.01. The Morgan fingerprint density at radius 1 is 1.09 bits per heavy atom. The molecule has 2 aliphatic rings. The van der Waals surface area contributed by atoms with Crippen molar-refractivity contribution in [1.29, 1.82) is 0 Å². The maximum atomic E-state index is 13.1. The van der Waals surface area contributed by atoms with Gasteiger partial charge < -0.3 is 10.2 Å². The van der Waals surface area contributed by atoms with Gasteiger partial charge in [-0.2, -0.15) is 16.4 Å². The number of piperidine rings is 1. The average Bonchev–Trinajstić information content (AvgIpc) is 3.35. The molecule has 7 nitrogen and oxygen atoms in total. The first-order chi connectivity index (χ1) is 16.2. The predicted molar refractivity (Wildman–Crippen MR) is 129 cm³/mol. The first-order valence-corrected chi connectivity index (χ1v) is 12.4. The normalized spacial score (nSPS) is 16.9. The van der Waals surface area contributed by atoms with E-state index in [-0.39, 0.29) is 17.7 Å². The lowest BCUT2D eigenvalue weighted by Gasteiger charge is -2.32. The number of nitrogens with zero attached hydrogens (tertiary/aromatic N) is 4.